The van der Waals surface area contributed by atoms with Gasteiger partial charge in [-0.3, -0.25) is 10.3 Å². The number of benzene rings is 1. The number of nitrogens with one attached hydrogen (secondary N) is 2. The number of methoxy groups -OCH3 is 1. The zero-order chi connectivity index (χ0) is 14.8. The second-order valence-corrected chi connectivity index (χ2v) is 3.37. The van der Waals surface area contributed by atoms with Crippen LogP contribution in [0.3, 0.4) is 0 Å². The molecule has 2 amide bonds. The van der Waals surface area contributed by atoms with E-state index in [4.69, 9.17) is 4.74 Å². The van der Waals surface area contributed by atoms with E-state index in [1.54, 1.807) is 25.3 Å². The molecule has 1 heterocycles. The lowest BCUT2D eigenvalue weighted by molar-refractivity contribution is 0.262. The van der Waals surface area contributed by atoms with Crippen molar-refractivity contribution in [1.29, 1.82) is 0 Å². The predicted octanol–water partition coefficient (Wildman–Crippen LogP) is 3.16. The number of hydrogen-bond acceptors (Lipinski definition) is 4. The van der Waals surface area contributed by atoms with Gasteiger partial charge in [-0.2, -0.15) is 0 Å². The van der Waals surface area contributed by atoms with Crippen LogP contribution in [0.1, 0.15) is 13.8 Å². The van der Waals surface area contributed by atoms with Gasteiger partial charge in [0.25, 0.3) is 0 Å². The molecule has 6 heteroatoms. The van der Waals surface area contributed by atoms with Crippen LogP contribution in [0.15, 0.2) is 42.9 Å². The highest BCUT2D eigenvalue weighted by Crippen LogP contribution is 2.22. The van der Waals surface area contributed by atoms with Crippen molar-refractivity contribution in [3.63, 3.8) is 0 Å². The average Bonchev–Trinajstić information content (AvgIpc) is 2.51. The molecule has 106 valence electrons. The molecule has 0 fully saturated rings. The molecule has 2 N–H and O–H groups in total. The van der Waals surface area contributed by atoms with Crippen LogP contribution in [0.4, 0.5) is 16.3 Å². The van der Waals surface area contributed by atoms with Crippen LogP contribution >= 0.6 is 0 Å². The normalized spacial score (nSPS) is 8.95. The highest BCUT2D eigenvalue weighted by molar-refractivity contribution is 5.99. The van der Waals surface area contributed by atoms with Gasteiger partial charge in [-0.15, -0.1) is 0 Å². The molecular weight excluding hydrogens is 256 g/mol. The summed E-state index contributed by atoms with van der Waals surface area (Å²) in [5.41, 5.74) is 0.585. The molecule has 2 aromatic rings. The number of amides is 2. The summed E-state index contributed by atoms with van der Waals surface area (Å²) in [5.74, 6) is 0.969. The molecule has 1 aromatic heterocycles. The molecule has 6 nitrogen and oxygen atoms in total. The van der Waals surface area contributed by atoms with Crippen molar-refractivity contribution in [2.24, 2.45) is 0 Å². The predicted molar refractivity (Wildman–Crippen MR) is 79.0 cm³/mol. The number of carbonyl (C=O) groups is 1. The summed E-state index contributed by atoms with van der Waals surface area (Å²) in [4.78, 5) is 19.5. The summed E-state index contributed by atoms with van der Waals surface area (Å²) in [6.07, 6.45) is 4.49. The Balaban J connectivity index is 0.000000956. The number of nitrogens with zero attached hydrogens (tertiary/aromatic N) is 2. The van der Waals surface area contributed by atoms with Crippen LogP contribution < -0.4 is 15.4 Å². The quantitative estimate of drug-likeness (QED) is 0.901. The van der Waals surface area contributed by atoms with E-state index in [9.17, 15) is 4.79 Å². The summed E-state index contributed by atoms with van der Waals surface area (Å²) in [6.45, 7) is 4.00. The van der Waals surface area contributed by atoms with Gasteiger partial charge < -0.3 is 10.1 Å². The smallest absolute Gasteiger partial charge is 0.324 e. The Labute approximate surface area is 118 Å². The maximum absolute atomic E-state index is 11.7. The van der Waals surface area contributed by atoms with Gasteiger partial charge in [0.2, 0.25) is 0 Å². The van der Waals surface area contributed by atoms with Crippen molar-refractivity contribution in [3.05, 3.63) is 42.9 Å². The highest BCUT2D eigenvalue weighted by atomic mass is 16.5. The zero-order valence-corrected chi connectivity index (χ0v) is 11.8. The monoisotopic (exact) mass is 274 g/mol. The van der Waals surface area contributed by atoms with Crippen molar-refractivity contribution in [2.45, 2.75) is 13.8 Å². The number of para-hydroxylation sites is 2. The number of ether oxygens (including phenoxy) is 1. The second-order valence-electron chi connectivity index (χ2n) is 3.37. The fourth-order valence-electron chi connectivity index (χ4n) is 1.38. The van der Waals surface area contributed by atoms with E-state index in [0.717, 1.165) is 0 Å². The first-order valence-corrected chi connectivity index (χ1v) is 6.26. The second kappa shape index (κ2) is 8.47. The third-order valence-electron chi connectivity index (χ3n) is 2.16. The number of carbonyl (C=O) groups excluding carboxylic acids is 1. The lowest BCUT2D eigenvalue weighted by Gasteiger charge is -2.10. The molecule has 0 aliphatic heterocycles. The molecule has 0 radical (unpaired) electrons. The summed E-state index contributed by atoms with van der Waals surface area (Å²) >= 11 is 0. The number of hydrogen-bond donors (Lipinski definition) is 2. The number of anilines is 2. The van der Waals surface area contributed by atoms with Crippen LogP contribution in [-0.2, 0) is 0 Å². The van der Waals surface area contributed by atoms with Crippen molar-refractivity contribution in [3.8, 4) is 5.75 Å². The van der Waals surface area contributed by atoms with Gasteiger partial charge in [0.1, 0.15) is 5.75 Å². The minimum Gasteiger partial charge on any atom is -0.495 e. The molecule has 20 heavy (non-hydrogen) atoms. The van der Waals surface area contributed by atoms with E-state index in [-0.39, 0.29) is 0 Å². The van der Waals surface area contributed by atoms with Crippen LogP contribution in [0.2, 0.25) is 0 Å². The first-order valence-electron chi connectivity index (χ1n) is 6.26. The number of urea groups is 1. The lowest BCUT2D eigenvalue weighted by atomic mass is 10.3. The summed E-state index contributed by atoms with van der Waals surface area (Å²) in [5, 5.41) is 5.23. The van der Waals surface area contributed by atoms with E-state index in [1.165, 1.54) is 18.6 Å². The number of rotatable bonds is 3. The molecule has 2 rings (SSSR count). The third kappa shape index (κ3) is 4.56. The summed E-state index contributed by atoms with van der Waals surface area (Å²) in [6, 6.07) is 6.73. The Kier molecular flexibility index (Phi) is 6.53. The molecule has 0 atom stereocenters. The van der Waals surface area contributed by atoms with Crippen molar-refractivity contribution in [1.82, 2.24) is 9.97 Å². The molecule has 0 unspecified atom stereocenters. The molecule has 0 aliphatic carbocycles. The van der Waals surface area contributed by atoms with E-state index in [0.29, 0.717) is 17.3 Å². The summed E-state index contributed by atoms with van der Waals surface area (Å²) < 4.78 is 5.13. The van der Waals surface area contributed by atoms with Gasteiger partial charge in [-0.25, -0.2) is 9.78 Å². The Hall–Kier alpha value is -2.63. The SMILES string of the molecule is CC.COc1ccccc1NC(=O)Nc1cnccn1. The van der Waals surface area contributed by atoms with Gasteiger partial charge in [-0.1, -0.05) is 26.0 Å². The minimum atomic E-state index is -0.403. The Morgan fingerprint density at radius 2 is 1.90 bits per heavy atom. The molecule has 0 spiro atoms. The van der Waals surface area contributed by atoms with Gasteiger partial charge in [0.05, 0.1) is 19.0 Å². The molecule has 0 saturated carbocycles. The van der Waals surface area contributed by atoms with Crippen LogP contribution in [0, 0.1) is 0 Å². The molecule has 0 bridgehead atoms. The molecular formula is C14H18N4O2. The third-order valence-corrected chi connectivity index (χ3v) is 2.16. The van der Waals surface area contributed by atoms with E-state index < -0.39 is 6.03 Å². The zero-order valence-electron chi connectivity index (χ0n) is 11.8. The van der Waals surface area contributed by atoms with Gasteiger partial charge >= 0.3 is 6.03 Å². The van der Waals surface area contributed by atoms with Crippen LogP contribution in [0.25, 0.3) is 0 Å². The van der Waals surface area contributed by atoms with Gasteiger partial charge in [-0.05, 0) is 12.1 Å². The van der Waals surface area contributed by atoms with Gasteiger partial charge in [0.15, 0.2) is 5.82 Å². The largest absolute Gasteiger partial charge is 0.495 e. The van der Waals surface area contributed by atoms with Gasteiger partial charge in [0, 0.05) is 12.4 Å². The van der Waals surface area contributed by atoms with Crippen LogP contribution in [0.5, 0.6) is 5.75 Å². The lowest BCUT2D eigenvalue weighted by Crippen LogP contribution is -2.20. The number of aromatic nitrogens is 2. The first-order chi connectivity index (χ1) is 9.79. The minimum absolute atomic E-state index is 0.380. The van der Waals surface area contributed by atoms with Crippen molar-refractivity contribution >= 4 is 17.5 Å². The van der Waals surface area contributed by atoms with E-state index in [2.05, 4.69) is 20.6 Å². The molecule has 0 saturated heterocycles. The fourth-order valence-corrected chi connectivity index (χ4v) is 1.38. The maximum atomic E-state index is 11.7. The van der Waals surface area contributed by atoms with Crippen molar-refractivity contribution in [2.75, 3.05) is 17.7 Å². The molecule has 1 aromatic carbocycles. The van der Waals surface area contributed by atoms with E-state index in [1.807, 2.05) is 19.9 Å². The molecule has 0 aliphatic rings. The van der Waals surface area contributed by atoms with Crippen LogP contribution in [-0.4, -0.2) is 23.1 Å². The Morgan fingerprint density at radius 1 is 1.15 bits per heavy atom. The Morgan fingerprint density at radius 3 is 2.55 bits per heavy atom. The van der Waals surface area contributed by atoms with Crippen molar-refractivity contribution < 1.29 is 9.53 Å². The topological polar surface area (TPSA) is 76.1 Å². The standard InChI is InChI=1S/C12H12N4O2.C2H6/c1-18-10-5-3-2-4-9(10)15-12(17)16-11-8-13-6-7-14-11;1-2/h2-8H,1H3,(H2,14,15,16,17);1-2H3. The van der Waals surface area contributed by atoms with E-state index >= 15 is 0 Å². The highest BCUT2D eigenvalue weighted by Gasteiger charge is 2.06. The summed E-state index contributed by atoms with van der Waals surface area (Å²) in [7, 11) is 1.54. The average molecular weight is 274 g/mol. The maximum Gasteiger partial charge on any atom is 0.324 e. The Bertz CT molecular complexity index is 532. The fraction of sp³-hybridized carbons (Fsp3) is 0.214. The first kappa shape index (κ1) is 15.4.